The van der Waals surface area contributed by atoms with E-state index in [1.54, 1.807) is 11.0 Å². The van der Waals surface area contributed by atoms with Crippen LogP contribution < -0.4 is 4.90 Å². The Labute approximate surface area is 143 Å². The van der Waals surface area contributed by atoms with Gasteiger partial charge >= 0.3 is 5.69 Å². The highest BCUT2D eigenvalue weighted by molar-refractivity contribution is 5.92. The molecule has 0 aliphatic rings. The van der Waals surface area contributed by atoms with E-state index < -0.39 is 4.92 Å². The fourth-order valence-electron chi connectivity index (χ4n) is 2.75. The monoisotopic (exact) mass is 339 g/mol. The Morgan fingerprint density at radius 1 is 1.36 bits per heavy atom. The number of anilines is 1. The first-order valence-electron chi connectivity index (χ1n) is 7.88. The van der Waals surface area contributed by atoms with Crippen molar-refractivity contribution in [2.45, 2.75) is 20.3 Å². The number of aromatic nitrogens is 3. The van der Waals surface area contributed by atoms with Gasteiger partial charge in [0.15, 0.2) is 0 Å². The first-order chi connectivity index (χ1) is 12.0. The number of carbonyl (C=O) groups excluding carboxylic acids is 1. The van der Waals surface area contributed by atoms with E-state index in [1.807, 2.05) is 31.2 Å². The lowest BCUT2D eigenvalue weighted by atomic mass is 10.1. The molecule has 0 spiro atoms. The summed E-state index contributed by atoms with van der Waals surface area (Å²) in [6.45, 7) is 4.16. The average Bonchev–Trinajstić information content (AvgIpc) is 3.03. The summed E-state index contributed by atoms with van der Waals surface area (Å²) in [4.78, 5) is 28.2. The average molecular weight is 339 g/mol. The first kappa shape index (κ1) is 16.6. The van der Waals surface area contributed by atoms with Gasteiger partial charge in [-0.15, -0.1) is 0 Å². The molecule has 0 atom stereocenters. The van der Waals surface area contributed by atoms with E-state index in [1.165, 1.54) is 23.8 Å². The van der Waals surface area contributed by atoms with Crippen LogP contribution in [0.2, 0.25) is 0 Å². The van der Waals surface area contributed by atoms with Crippen LogP contribution in [0.3, 0.4) is 0 Å². The Morgan fingerprint density at radius 3 is 2.84 bits per heavy atom. The van der Waals surface area contributed by atoms with Crippen LogP contribution >= 0.6 is 0 Å². The second-order valence-electron chi connectivity index (χ2n) is 5.57. The maximum absolute atomic E-state index is 11.9. The number of hydrogen-bond donors (Lipinski definition) is 0. The molecule has 2 heterocycles. The van der Waals surface area contributed by atoms with Gasteiger partial charge in [-0.05, 0) is 24.6 Å². The number of nitrogens with zero attached hydrogens (tertiary/aromatic N) is 5. The fourth-order valence-corrected chi connectivity index (χ4v) is 2.75. The number of hydrogen-bond acceptors (Lipinski definition) is 5. The van der Waals surface area contributed by atoms with Crippen molar-refractivity contribution in [1.82, 2.24) is 14.6 Å². The molecule has 8 heteroatoms. The molecule has 8 nitrogen and oxygen atoms in total. The molecule has 0 aliphatic heterocycles. The zero-order valence-electron chi connectivity index (χ0n) is 13.9. The largest absolute Gasteiger partial charge is 0.333 e. The van der Waals surface area contributed by atoms with Crippen LogP contribution in [0.5, 0.6) is 0 Å². The minimum absolute atomic E-state index is 0.0337. The van der Waals surface area contributed by atoms with Gasteiger partial charge in [-0.25, -0.2) is 9.50 Å². The summed E-state index contributed by atoms with van der Waals surface area (Å²) in [7, 11) is 0. The third-order valence-electron chi connectivity index (χ3n) is 3.86. The smallest absolute Gasteiger partial charge is 0.313 e. The first-order valence-corrected chi connectivity index (χ1v) is 7.88. The molecule has 1 aromatic carbocycles. The van der Waals surface area contributed by atoms with Gasteiger partial charge in [0.25, 0.3) is 0 Å². The van der Waals surface area contributed by atoms with Crippen molar-refractivity contribution in [3.63, 3.8) is 0 Å². The van der Waals surface area contributed by atoms with Gasteiger partial charge in [0.2, 0.25) is 11.6 Å². The van der Waals surface area contributed by atoms with E-state index in [-0.39, 0.29) is 17.2 Å². The molecule has 128 valence electrons. The summed E-state index contributed by atoms with van der Waals surface area (Å²) in [5, 5.41) is 15.2. The molecule has 0 bridgehead atoms. The summed E-state index contributed by atoms with van der Waals surface area (Å²) < 4.78 is 1.44. The predicted octanol–water partition coefficient (Wildman–Crippen LogP) is 3.07. The lowest BCUT2D eigenvalue weighted by molar-refractivity contribution is -0.383. The lowest BCUT2D eigenvalue weighted by Crippen LogP contribution is -2.29. The van der Waals surface area contributed by atoms with E-state index in [4.69, 9.17) is 0 Å². The molecular formula is C17H17N5O3. The number of amides is 1. The van der Waals surface area contributed by atoms with Crippen LogP contribution in [0.15, 0.2) is 42.7 Å². The topological polar surface area (TPSA) is 93.6 Å². The Balaban J connectivity index is 2.11. The molecule has 0 saturated heterocycles. The zero-order valence-corrected chi connectivity index (χ0v) is 13.9. The Morgan fingerprint density at radius 2 is 2.16 bits per heavy atom. The quantitative estimate of drug-likeness (QED) is 0.526. The van der Waals surface area contributed by atoms with E-state index in [0.717, 1.165) is 17.7 Å². The second kappa shape index (κ2) is 6.68. The summed E-state index contributed by atoms with van der Waals surface area (Å²) in [5.41, 5.74) is 2.28. The Bertz CT molecular complexity index is 950. The van der Waals surface area contributed by atoms with Crippen LogP contribution in [0.4, 0.5) is 11.4 Å². The highest BCUT2D eigenvalue weighted by Crippen LogP contribution is 2.27. The molecule has 2 aromatic heterocycles. The van der Waals surface area contributed by atoms with Crippen LogP contribution in [-0.2, 0) is 4.79 Å². The van der Waals surface area contributed by atoms with Crippen molar-refractivity contribution in [3.05, 3.63) is 52.8 Å². The molecule has 0 saturated carbocycles. The van der Waals surface area contributed by atoms with Gasteiger partial charge in [-0.2, -0.15) is 5.10 Å². The lowest BCUT2D eigenvalue weighted by Gasteiger charge is -2.21. The van der Waals surface area contributed by atoms with E-state index in [2.05, 4.69) is 10.1 Å². The SMILES string of the molecule is CCCN(C(C)=O)c1cccc(-c2ccnc3c([N+](=O)[O-])cnn23)c1. The normalized spacial score (nSPS) is 10.8. The highest BCUT2D eigenvalue weighted by atomic mass is 16.6. The number of benzene rings is 1. The molecule has 0 aliphatic carbocycles. The van der Waals surface area contributed by atoms with Crippen LogP contribution in [-0.4, -0.2) is 32.0 Å². The van der Waals surface area contributed by atoms with E-state index >= 15 is 0 Å². The van der Waals surface area contributed by atoms with Crippen molar-refractivity contribution >= 4 is 22.9 Å². The van der Waals surface area contributed by atoms with Gasteiger partial charge in [0, 0.05) is 30.9 Å². The van der Waals surface area contributed by atoms with Gasteiger partial charge in [0.05, 0.1) is 10.6 Å². The summed E-state index contributed by atoms with van der Waals surface area (Å²) in [6, 6.07) is 9.20. The molecular weight excluding hydrogens is 322 g/mol. The number of carbonyl (C=O) groups is 1. The molecule has 0 radical (unpaired) electrons. The molecule has 25 heavy (non-hydrogen) atoms. The third-order valence-corrected chi connectivity index (χ3v) is 3.86. The van der Waals surface area contributed by atoms with Crippen molar-refractivity contribution in [1.29, 1.82) is 0 Å². The Kier molecular flexibility index (Phi) is 4.42. The predicted molar refractivity (Wildman–Crippen MR) is 93.4 cm³/mol. The minimum Gasteiger partial charge on any atom is -0.313 e. The van der Waals surface area contributed by atoms with Crippen LogP contribution in [0.1, 0.15) is 20.3 Å². The number of fused-ring (bicyclic) bond motifs is 1. The molecule has 0 N–H and O–H groups in total. The molecule has 0 fully saturated rings. The van der Waals surface area contributed by atoms with Crippen molar-refractivity contribution in [2.75, 3.05) is 11.4 Å². The molecule has 3 aromatic rings. The summed E-state index contributed by atoms with van der Waals surface area (Å²) >= 11 is 0. The fraction of sp³-hybridized carbons (Fsp3) is 0.235. The van der Waals surface area contributed by atoms with Crippen LogP contribution in [0.25, 0.3) is 16.9 Å². The van der Waals surface area contributed by atoms with Crippen molar-refractivity contribution in [3.8, 4) is 11.3 Å². The standard InChI is InChI=1S/C17H17N5O3/c1-3-9-20(12(2)23)14-6-4-5-13(10-14)15-7-8-18-17-16(22(24)25)11-19-21(15)17/h4-8,10-11H,3,9H2,1-2H3. The maximum Gasteiger partial charge on any atom is 0.333 e. The highest BCUT2D eigenvalue weighted by Gasteiger charge is 2.19. The number of nitro groups is 1. The molecule has 0 unspecified atom stereocenters. The third kappa shape index (κ3) is 3.06. The van der Waals surface area contributed by atoms with Crippen molar-refractivity contribution in [2.24, 2.45) is 0 Å². The van der Waals surface area contributed by atoms with Crippen LogP contribution in [0, 0.1) is 10.1 Å². The molecule has 3 rings (SSSR count). The second-order valence-corrected chi connectivity index (χ2v) is 5.57. The van der Waals surface area contributed by atoms with Gasteiger partial charge < -0.3 is 4.90 Å². The van der Waals surface area contributed by atoms with E-state index in [0.29, 0.717) is 12.2 Å². The van der Waals surface area contributed by atoms with Gasteiger partial charge in [-0.3, -0.25) is 14.9 Å². The zero-order chi connectivity index (χ0) is 18.0. The van der Waals surface area contributed by atoms with Gasteiger partial charge in [0.1, 0.15) is 6.20 Å². The molecule has 1 amide bonds. The maximum atomic E-state index is 11.9. The van der Waals surface area contributed by atoms with Gasteiger partial charge in [-0.1, -0.05) is 19.1 Å². The summed E-state index contributed by atoms with van der Waals surface area (Å²) in [6.07, 6.45) is 3.55. The minimum atomic E-state index is -0.506. The summed E-state index contributed by atoms with van der Waals surface area (Å²) in [5.74, 6) is -0.0337. The van der Waals surface area contributed by atoms with Crippen molar-refractivity contribution < 1.29 is 9.72 Å². The number of rotatable bonds is 5. The Hall–Kier alpha value is -3.29. The van der Waals surface area contributed by atoms with E-state index in [9.17, 15) is 14.9 Å².